The third-order valence-electron chi connectivity index (χ3n) is 4.79. The molecule has 1 heterocycles. The van der Waals surface area contributed by atoms with Gasteiger partial charge in [-0.05, 0) is 44.4 Å². The number of hydrogen-bond acceptors (Lipinski definition) is 3. The van der Waals surface area contributed by atoms with E-state index in [1.54, 1.807) is 29.0 Å². The summed E-state index contributed by atoms with van der Waals surface area (Å²) in [4.78, 5) is 39.7. The van der Waals surface area contributed by atoms with Gasteiger partial charge in [0, 0.05) is 38.2 Å². The maximum absolute atomic E-state index is 12.3. The molecule has 1 N–H and O–H groups in total. The quantitative estimate of drug-likeness (QED) is 0.846. The van der Waals surface area contributed by atoms with Crippen molar-refractivity contribution in [2.45, 2.75) is 52.1 Å². The molecule has 0 bridgehead atoms. The van der Waals surface area contributed by atoms with Gasteiger partial charge in [0.15, 0.2) is 0 Å². The summed E-state index contributed by atoms with van der Waals surface area (Å²) in [6, 6.07) is 7.39. The van der Waals surface area contributed by atoms with Crippen molar-refractivity contribution in [2.75, 3.05) is 20.1 Å². The van der Waals surface area contributed by atoms with Crippen LogP contribution in [0.4, 0.5) is 0 Å². The predicted molar refractivity (Wildman–Crippen MR) is 101 cm³/mol. The van der Waals surface area contributed by atoms with Crippen LogP contribution in [0, 0.1) is 0 Å². The highest BCUT2D eigenvalue weighted by Crippen LogP contribution is 2.11. The summed E-state index contributed by atoms with van der Waals surface area (Å²) in [6.45, 7) is 5.10. The lowest BCUT2D eigenvalue weighted by molar-refractivity contribution is -0.135. The first-order valence-electron chi connectivity index (χ1n) is 9.29. The molecule has 1 saturated heterocycles. The van der Waals surface area contributed by atoms with Gasteiger partial charge >= 0.3 is 0 Å². The zero-order valence-corrected chi connectivity index (χ0v) is 16.0. The van der Waals surface area contributed by atoms with Crippen LogP contribution in [0.5, 0.6) is 0 Å². The summed E-state index contributed by atoms with van der Waals surface area (Å²) < 4.78 is 0. The number of hydrogen-bond donors (Lipinski definition) is 1. The van der Waals surface area contributed by atoms with Crippen LogP contribution in [0.3, 0.4) is 0 Å². The molecule has 1 fully saturated rings. The van der Waals surface area contributed by atoms with E-state index in [9.17, 15) is 14.4 Å². The van der Waals surface area contributed by atoms with Gasteiger partial charge in [0.25, 0.3) is 5.91 Å². The van der Waals surface area contributed by atoms with Crippen molar-refractivity contribution in [3.8, 4) is 0 Å². The van der Waals surface area contributed by atoms with Gasteiger partial charge in [-0.3, -0.25) is 14.4 Å². The molecule has 0 saturated carbocycles. The van der Waals surface area contributed by atoms with Crippen LogP contribution < -0.4 is 5.32 Å². The highest BCUT2D eigenvalue weighted by molar-refractivity contribution is 5.94. The zero-order valence-electron chi connectivity index (χ0n) is 16.0. The van der Waals surface area contributed by atoms with Crippen molar-refractivity contribution in [2.24, 2.45) is 0 Å². The molecule has 0 spiro atoms. The maximum Gasteiger partial charge on any atom is 0.253 e. The van der Waals surface area contributed by atoms with E-state index in [2.05, 4.69) is 5.32 Å². The Morgan fingerprint density at radius 1 is 1.15 bits per heavy atom. The van der Waals surface area contributed by atoms with Crippen molar-refractivity contribution >= 4 is 17.7 Å². The fraction of sp³-hybridized carbons (Fsp3) is 0.550. The Kier molecular flexibility index (Phi) is 7.18. The number of nitrogens with one attached hydrogen (secondary N) is 1. The Morgan fingerprint density at radius 2 is 1.85 bits per heavy atom. The van der Waals surface area contributed by atoms with Crippen LogP contribution in [0.15, 0.2) is 24.3 Å². The molecule has 3 amide bonds. The number of amides is 3. The summed E-state index contributed by atoms with van der Waals surface area (Å²) in [5.41, 5.74) is 1.55. The molecule has 0 aromatic heterocycles. The topological polar surface area (TPSA) is 69.7 Å². The lowest BCUT2D eigenvalue weighted by Gasteiger charge is -2.21. The van der Waals surface area contributed by atoms with Gasteiger partial charge in [-0.2, -0.15) is 0 Å². The van der Waals surface area contributed by atoms with Crippen LogP contribution in [0.25, 0.3) is 0 Å². The first-order chi connectivity index (χ1) is 12.4. The van der Waals surface area contributed by atoms with Crippen molar-refractivity contribution < 1.29 is 14.4 Å². The highest BCUT2D eigenvalue weighted by atomic mass is 16.2. The van der Waals surface area contributed by atoms with E-state index >= 15 is 0 Å². The highest BCUT2D eigenvalue weighted by Gasteiger charge is 2.19. The SMILES string of the molecule is CC(C)N(C)C(=O)c1ccc(CNC(=O)CN2CCCCCC2=O)cc1. The summed E-state index contributed by atoms with van der Waals surface area (Å²) >= 11 is 0. The molecule has 1 aliphatic heterocycles. The predicted octanol–water partition coefficient (Wildman–Crippen LogP) is 2.19. The molecule has 142 valence electrons. The average Bonchev–Trinajstić information content (AvgIpc) is 2.83. The maximum atomic E-state index is 12.3. The normalized spacial score (nSPS) is 14.9. The van der Waals surface area contributed by atoms with E-state index in [1.807, 2.05) is 26.0 Å². The molecular weight excluding hydrogens is 330 g/mol. The van der Waals surface area contributed by atoms with Gasteiger partial charge < -0.3 is 15.1 Å². The van der Waals surface area contributed by atoms with Crippen molar-refractivity contribution in [3.05, 3.63) is 35.4 Å². The number of nitrogens with zero attached hydrogens (tertiary/aromatic N) is 2. The number of likely N-dealkylation sites (tertiary alicyclic amines) is 1. The minimum Gasteiger partial charge on any atom is -0.350 e. The van der Waals surface area contributed by atoms with Gasteiger partial charge in [0.2, 0.25) is 11.8 Å². The Bertz CT molecular complexity index is 640. The fourth-order valence-corrected chi connectivity index (χ4v) is 2.84. The lowest BCUT2D eigenvalue weighted by atomic mass is 10.1. The summed E-state index contributed by atoms with van der Waals surface area (Å²) in [6.07, 6.45) is 3.45. The molecule has 6 heteroatoms. The Balaban J connectivity index is 1.84. The van der Waals surface area contributed by atoms with Crippen LogP contribution in [-0.4, -0.2) is 53.7 Å². The molecule has 1 aromatic carbocycles. The van der Waals surface area contributed by atoms with Gasteiger partial charge in [0.05, 0.1) is 6.54 Å². The van der Waals surface area contributed by atoms with Gasteiger partial charge in [-0.25, -0.2) is 0 Å². The second-order valence-corrected chi connectivity index (χ2v) is 7.11. The molecule has 26 heavy (non-hydrogen) atoms. The Labute approximate surface area is 155 Å². The van der Waals surface area contributed by atoms with Gasteiger partial charge in [-0.15, -0.1) is 0 Å². The van der Waals surface area contributed by atoms with E-state index in [-0.39, 0.29) is 30.3 Å². The molecule has 0 radical (unpaired) electrons. The van der Waals surface area contributed by atoms with Gasteiger partial charge in [-0.1, -0.05) is 18.6 Å². The Hall–Kier alpha value is -2.37. The van der Waals surface area contributed by atoms with Crippen molar-refractivity contribution in [3.63, 3.8) is 0 Å². The van der Waals surface area contributed by atoms with Crippen LogP contribution in [-0.2, 0) is 16.1 Å². The summed E-state index contributed by atoms with van der Waals surface area (Å²) in [5, 5.41) is 2.85. The smallest absolute Gasteiger partial charge is 0.253 e. The summed E-state index contributed by atoms with van der Waals surface area (Å²) in [7, 11) is 1.78. The molecule has 0 atom stereocenters. The average molecular weight is 359 g/mol. The molecule has 0 aliphatic carbocycles. The second kappa shape index (κ2) is 9.36. The second-order valence-electron chi connectivity index (χ2n) is 7.11. The first kappa shape index (κ1) is 19.9. The van der Waals surface area contributed by atoms with E-state index in [0.29, 0.717) is 25.1 Å². The third kappa shape index (κ3) is 5.58. The third-order valence-corrected chi connectivity index (χ3v) is 4.79. The molecule has 1 aliphatic rings. The molecule has 0 unspecified atom stereocenters. The van der Waals surface area contributed by atoms with Crippen LogP contribution >= 0.6 is 0 Å². The summed E-state index contributed by atoms with van der Waals surface area (Å²) in [5.74, 6) is -0.106. The van der Waals surface area contributed by atoms with Crippen molar-refractivity contribution in [1.82, 2.24) is 15.1 Å². The number of carbonyl (C=O) groups excluding carboxylic acids is 3. The monoisotopic (exact) mass is 359 g/mol. The van der Waals surface area contributed by atoms with E-state index in [0.717, 1.165) is 24.8 Å². The molecular formula is C20H29N3O3. The minimum absolute atomic E-state index is 0.0183. The lowest BCUT2D eigenvalue weighted by Crippen LogP contribution is -2.40. The standard InChI is InChI=1S/C20H29N3O3/c1-15(2)22(3)20(26)17-10-8-16(9-11-17)13-21-18(24)14-23-12-6-4-5-7-19(23)25/h8-11,15H,4-7,12-14H2,1-3H3,(H,21,24). The van der Waals surface area contributed by atoms with Crippen LogP contribution in [0.1, 0.15) is 55.5 Å². The number of benzene rings is 1. The minimum atomic E-state index is -0.153. The number of rotatable bonds is 6. The first-order valence-corrected chi connectivity index (χ1v) is 9.29. The van der Waals surface area contributed by atoms with Gasteiger partial charge in [0.1, 0.15) is 0 Å². The largest absolute Gasteiger partial charge is 0.350 e. The Morgan fingerprint density at radius 3 is 2.50 bits per heavy atom. The van der Waals surface area contributed by atoms with Crippen LogP contribution in [0.2, 0.25) is 0 Å². The number of carbonyl (C=O) groups is 3. The zero-order chi connectivity index (χ0) is 19.1. The van der Waals surface area contributed by atoms with E-state index < -0.39 is 0 Å². The van der Waals surface area contributed by atoms with E-state index in [1.165, 1.54) is 0 Å². The van der Waals surface area contributed by atoms with Crippen molar-refractivity contribution in [1.29, 1.82) is 0 Å². The molecule has 6 nitrogen and oxygen atoms in total. The molecule has 2 rings (SSSR count). The fourth-order valence-electron chi connectivity index (χ4n) is 2.84. The van der Waals surface area contributed by atoms with E-state index in [4.69, 9.17) is 0 Å². The molecule has 1 aromatic rings.